The van der Waals surface area contributed by atoms with Crippen LogP contribution in [0.1, 0.15) is 26.2 Å². The molecule has 0 radical (unpaired) electrons. The summed E-state index contributed by atoms with van der Waals surface area (Å²) in [7, 11) is 0. The molecule has 0 aromatic carbocycles. The van der Waals surface area contributed by atoms with Crippen molar-refractivity contribution in [2.24, 2.45) is 11.3 Å². The summed E-state index contributed by atoms with van der Waals surface area (Å²) in [5, 5.41) is 0. The van der Waals surface area contributed by atoms with E-state index in [-0.39, 0.29) is 0 Å². The second kappa shape index (κ2) is 1.98. The van der Waals surface area contributed by atoms with Crippen LogP contribution in [0.15, 0.2) is 24.3 Å². The average Bonchev–Trinajstić information content (AvgIpc) is 2.29. The fourth-order valence-corrected chi connectivity index (χ4v) is 2.08. The first-order chi connectivity index (χ1) is 4.81. The molecule has 0 aromatic rings. The number of allylic oxidation sites excluding steroid dienone is 4. The van der Waals surface area contributed by atoms with Crippen molar-refractivity contribution < 1.29 is 0 Å². The molecule has 0 heterocycles. The van der Waals surface area contributed by atoms with Crippen molar-refractivity contribution in [1.29, 1.82) is 0 Å². The number of fused-ring (bicyclic) bond motifs is 1. The van der Waals surface area contributed by atoms with Crippen molar-refractivity contribution in [2.45, 2.75) is 26.2 Å². The minimum atomic E-state index is 0.592. The topological polar surface area (TPSA) is 0 Å². The van der Waals surface area contributed by atoms with Crippen LogP contribution < -0.4 is 0 Å². The molecule has 0 saturated carbocycles. The zero-order chi connectivity index (χ0) is 7.03. The molecule has 54 valence electrons. The van der Waals surface area contributed by atoms with Gasteiger partial charge in [0.15, 0.2) is 0 Å². The van der Waals surface area contributed by atoms with Crippen LogP contribution in [0, 0.1) is 11.3 Å². The molecule has 2 atom stereocenters. The van der Waals surface area contributed by atoms with E-state index in [1.807, 2.05) is 0 Å². The molecule has 2 rings (SSSR count). The highest BCUT2D eigenvalue weighted by atomic mass is 14.4. The van der Waals surface area contributed by atoms with Crippen LogP contribution in [0.25, 0.3) is 0 Å². The lowest BCUT2D eigenvalue weighted by Crippen LogP contribution is -2.23. The van der Waals surface area contributed by atoms with Crippen molar-refractivity contribution in [3.05, 3.63) is 24.3 Å². The van der Waals surface area contributed by atoms with Gasteiger partial charge in [-0.05, 0) is 30.6 Å². The fraction of sp³-hybridized carbons (Fsp3) is 0.600. The molecule has 0 aliphatic heterocycles. The van der Waals surface area contributed by atoms with Crippen LogP contribution in [-0.2, 0) is 0 Å². The molecule has 0 N–H and O–H groups in total. The third kappa shape index (κ3) is 0.749. The Morgan fingerprint density at radius 2 is 2.00 bits per heavy atom. The van der Waals surface area contributed by atoms with E-state index in [0.717, 1.165) is 5.92 Å². The Kier molecular flexibility index (Phi) is 1.23. The van der Waals surface area contributed by atoms with E-state index in [2.05, 4.69) is 31.2 Å². The normalized spacial score (nSPS) is 43.9. The SMILES string of the molecule is CC12CC=CCC1C=CC2. The first kappa shape index (κ1) is 6.21. The second-order valence-corrected chi connectivity index (χ2v) is 3.80. The first-order valence-corrected chi connectivity index (χ1v) is 4.13. The minimum absolute atomic E-state index is 0.592. The largest absolute Gasteiger partial charge is 0.0879 e. The molecule has 2 unspecified atom stereocenters. The molecule has 2 aliphatic carbocycles. The predicted octanol–water partition coefficient (Wildman–Crippen LogP) is 2.92. The van der Waals surface area contributed by atoms with E-state index >= 15 is 0 Å². The van der Waals surface area contributed by atoms with Gasteiger partial charge in [0.25, 0.3) is 0 Å². The van der Waals surface area contributed by atoms with E-state index in [0.29, 0.717) is 5.41 Å². The average molecular weight is 134 g/mol. The Balaban J connectivity index is 2.25. The van der Waals surface area contributed by atoms with Crippen molar-refractivity contribution >= 4 is 0 Å². The molecule has 0 bridgehead atoms. The number of hydrogen-bond acceptors (Lipinski definition) is 0. The molecule has 0 fully saturated rings. The molecule has 0 nitrogen and oxygen atoms in total. The molecule has 0 aromatic heterocycles. The van der Waals surface area contributed by atoms with Gasteiger partial charge in [0.05, 0.1) is 0 Å². The summed E-state index contributed by atoms with van der Waals surface area (Å²) in [5.74, 6) is 0.845. The van der Waals surface area contributed by atoms with E-state index < -0.39 is 0 Å². The molecular weight excluding hydrogens is 120 g/mol. The highest BCUT2D eigenvalue weighted by molar-refractivity contribution is 5.14. The highest BCUT2D eigenvalue weighted by Gasteiger charge is 2.34. The third-order valence-electron chi connectivity index (χ3n) is 2.99. The Morgan fingerprint density at radius 3 is 2.80 bits per heavy atom. The van der Waals surface area contributed by atoms with Gasteiger partial charge in [0.2, 0.25) is 0 Å². The monoisotopic (exact) mass is 134 g/mol. The summed E-state index contributed by atoms with van der Waals surface area (Å²) in [5.41, 5.74) is 0.592. The fourth-order valence-electron chi connectivity index (χ4n) is 2.08. The predicted molar refractivity (Wildman–Crippen MR) is 43.7 cm³/mol. The quantitative estimate of drug-likeness (QED) is 0.447. The Labute approximate surface area is 62.6 Å². The molecular formula is C10H14. The lowest BCUT2D eigenvalue weighted by atomic mass is 9.72. The smallest absolute Gasteiger partial charge is 0.0139 e. The van der Waals surface area contributed by atoms with Gasteiger partial charge in [-0.25, -0.2) is 0 Å². The highest BCUT2D eigenvalue weighted by Crippen LogP contribution is 2.45. The van der Waals surface area contributed by atoms with Crippen LogP contribution in [0.4, 0.5) is 0 Å². The van der Waals surface area contributed by atoms with Crippen LogP contribution in [0.3, 0.4) is 0 Å². The maximum absolute atomic E-state index is 2.40. The van der Waals surface area contributed by atoms with Crippen molar-refractivity contribution in [3.63, 3.8) is 0 Å². The van der Waals surface area contributed by atoms with Gasteiger partial charge >= 0.3 is 0 Å². The Bertz CT molecular complexity index is 188. The van der Waals surface area contributed by atoms with Crippen LogP contribution in [-0.4, -0.2) is 0 Å². The van der Waals surface area contributed by atoms with Crippen LogP contribution >= 0.6 is 0 Å². The van der Waals surface area contributed by atoms with Gasteiger partial charge in [-0.2, -0.15) is 0 Å². The zero-order valence-electron chi connectivity index (χ0n) is 6.51. The zero-order valence-corrected chi connectivity index (χ0v) is 6.51. The van der Waals surface area contributed by atoms with Gasteiger partial charge in [0, 0.05) is 0 Å². The molecule has 0 heteroatoms. The van der Waals surface area contributed by atoms with Crippen molar-refractivity contribution in [1.82, 2.24) is 0 Å². The maximum atomic E-state index is 2.40. The molecule has 0 spiro atoms. The standard InChI is InChI=1S/C10H14/c1-10-7-3-2-5-9(10)6-4-8-10/h2-4,6,9H,5,7-8H2,1H3. The van der Waals surface area contributed by atoms with Crippen molar-refractivity contribution in [3.8, 4) is 0 Å². The van der Waals surface area contributed by atoms with Gasteiger partial charge < -0.3 is 0 Å². The van der Waals surface area contributed by atoms with Crippen LogP contribution in [0.5, 0.6) is 0 Å². The van der Waals surface area contributed by atoms with E-state index in [1.165, 1.54) is 19.3 Å². The van der Waals surface area contributed by atoms with Gasteiger partial charge in [-0.1, -0.05) is 31.2 Å². The number of rotatable bonds is 0. The van der Waals surface area contributed by atoms with E-state index in [1.54, 1.807) is 0 Å². The lowest BCUT2D eigenvalue weighted by Gasteiger charge is -2.32. The lowest BCUT2D eigenvalue weighted by molar-refractivity contribution is 0.244. The molecule has 0 amide bonds. The summed E-state index contributed by atoms with van der Waals surface area (Å²) in [6.07, 6.45) is 13.2. The Morgan fingerprint density at radius 1 is 1.20 bits per heavy atom. The summed E-state index contributed by atoms with van der Waals surface area (Å²) in [6, 6.07) is 0. The molecule has 0 saturated heterocycles. The molecule has 2 aliphatic rings. The van der Waals surface area contributed by atoms with E-state index in [9.17, 15) is 0 Å². The van der Waals surface area contributed by atoms with E-state index in [4.69, 9.17) is 0 Å². The summed E-state index contributed by atoms with van der Waals surface area (Å²) < 4.78 is 0. The van der Waals surface area contributed by atoms with Crippen LogP contribution in [0.2, 0.25) is 0 Å². The van der Waals surface area contributed by atoms with Gasteiger partial charge in [-0.15, -0.1) is 0 Å². The number of hydrogen-bond donors (Lipinski definition) is 0. The summed E-state index contributed by atoms with van der Waals surface area (Å²) >= 11 is 0. The van der Waals surface area contributed by atoms with Crippen molar-refractivity contribution in [2.75, 3.05) is 0 Å². The van der Waals surface area contributed by atoms with Gasteiger partial charge in [0.1, 0.15) is 0 Å². The Hall–Kier alpha value is -0.520. The van der Waals surface area contributed by atoms with Gasteiger partial charge in [-0.3, -0.25) is 0 Å². The minimum Gasteiger partial charge on any atom is -0.0879 e. The summed E-state index contributed by atoms with van der Waals surface area (Å²) in [4.78, 5) is 0. The maximum Gasteiger partial charge on any atom is -0.0139 e. The molecule has 10 heavy (non-hydrogen) atoms. The third-order valence-corrected chi connectivity index (χ3v) is 2.99. The second-order valence-electron chi connectivity index (χ2n) is 3.80. The first-order valence-electron chi connectivity index (χ1n) is 4.13. The summed E-state index contributed by atoms with van der Waals surface area (Å²) in [6.45, 7) is 2.40.